The van der Waals surface area contributed by atoms with Crippen LogP contribution < -0.4 is 5.73 Å². The quantitative estimate of drug-likeness (QED) is 0.293. The van der Waals surface area contributed by atoms with E-state index in [2.05, 4.69) is 13.5 Å². The van der Waals surface area contributed by atoms with E-state index in [1.54, 1.807) is 31.2 Å². The third kappa shape index (κ3) is 4.18. The van der Waals surface area contributed by atoms with Crippen LogP contribution in [0.5, 0.6) is 0 Å². The molecular weight excluding hydrogens is 442 g/mol. The van der Waals surface area contributed by atoms with Crippen molar-refractivity contribution in [1.29, 1.82) is 0 Å². The Labute approximate surface area is 208 Å². The predicted octanol–water partition coefficient (Wildman–Crippen LogP) is 5.60. The molecule has 4 saturated carbocycles. The minimum Gasteiger partial charge on any atom is -0.481 e. The molecule has 2 bridgehead atoms. The first-order chi connectivity index (χ1) is 16.4. The highest BCUT2D eigenvalue weighted by atomic mass is 16.5. The molecular formula is C29H41NO5. The molecule has 0 amide bonds. The fourth-order valence-corrected chi connectivity index (χ4v) is 8.44. The smallest absolute Gasteiger partial charge is 0.338 e. The fraction of sp³-hybridized carbons (Fsp3) is 0.655. The number of hydrogen-bond acceptors (Lipinski definition) is 5. The van der Waals surface area contributed by atoms with E-state index >= 15 is 0 Å². The normalized spacial score (nSPS) is 39.5. The van der Waals surface area contributed by atoms with Gasteiger partial charge in [-0.25, -0.2) is 4.79 Å². The van der Waals surface area contributed by atoms with Crippen LogP contribution >= 0.6 is 0 Å². The molecule has 1 spiro atoms. The Morgan fingerprint density at radius 2 is 1.74 bits per heavy atom. The number of nitrogens with two attached hydrogens (primary N) is 1. The minimum absolute atomic E-state index is 0.107. The molecule has 6 heteroatoms. The first-order valence-corrected chi connectivity index (χ1v) is 13.1. The molecule has 4 aliphatic rings. The molecule has 0 radical (unpaired) electrons. The van der Waals surface area contributed by atoms with Crippen molar-refractivity contribution < 1.29 is 24.5 Å². The van der Waals surface area contributed by atoms with E-state index in [9.17, 15) is 19.8 Å². The third-order valence-electron chi connectivity index (χ3n) is 10.1. The van der Waals surface area contributed by atoms with Crippen LogP contribution in [0.15, 0.2) is 36.4 Å². The number of anilines is 1. The van der Waals surface area contributed by atoms with Crippen molar-refractivity contribution in [3.8, 4) is 0 Å². The van der Waals surface area contributed by atoms with Crippen LogP contribution in [-0.4, -0.2) is 34.4 Å². The van der Waals surface area contributed by atoms with Crippen LogP contribution in [0.3, 0.4) is 0 Å². The third-order valence-corrected chi connectivity index (χ3v) is 10.1. The second-order valence-corrected chi connectivity index (χ2v) is 12.0. The number of carboxylic acids is 1. The van der Waals surface area contributed by atoms with Crippen LogP contribution in [0.25, 0.3) is 0 Å². The van der Waals surface area contributed by atoms with E-state index in [0.29, 0.717) is 23.8 Å². The number of esters is 1. The van der Waals surface area contributed by atoms with E-state index in [0.717, 1.165) is 63.4 Å². The van der Waals surface area contributed by atoms with E-state index in [1.807, 2.05) is 6.92 Å². The lowest BCUT2D eigenvalue weighted by Gasteiger charge is -2.63. The molecule has 6 atom stereocenters. The molecule has 0 saturated heterocycles. The second-order valence-electron chi connectivity index (χ2n) is 12.0. The highest BCUT2D eigenvalue weighted by Crippen LogP contribution is 2.72. The average molecular weight is 484 g/mol. The number of benzene rings is 1. The standard InChI is InChI=1S/C20H30O3.C9H11NO2/c1-13-11-19-9-5-14-17(2,7-4-8-18(14,3)16(21)22)15(19)6-10-20(13,23)12-19;1-2-12-9(11)7-3-5-8(10)6-4-7/h14-15,23H,1,4-12H2,2-3H3,(H,21,22);3-6H,2,10H2,1H3/t14-,15-,17+,18+,19+,20-;/m0./s1. The van der Waals surface area contributed by atoms with E-state index in [4.69, 9.17) is 10.5 Å². The van der Waals surface area contributed by atoms with Gasteiger partial charge >= 0.3 is 11.9 Å². The average Bonchev–Trinajstić information content (AvgIpc) is 2.97. The molecule has 4 N–H and O–H groups in total. The van der Waals surface area contributed by atoms with Gasteiger partial charge in [-0.3, -0.25) is 4.79 Å². The monoisotopic (exact) mass is 483 g/mol. The molecule has 0 heterocycles. The summed E-state index contributed by atoms with van der Waals surface area (Å²) >= 11 is 0. The van der Waals surface area contributed by atoms with Crippen LogP contribution in [-0.2, 0) is 9.53 Å². The van der Waals surface area contributed by atoms with Crippen LogP contribution in [0, 0.1) is 28.1 Å². The molecule has 6 nitrogen and oxygen atoms in total. The topological polar surface area (TPSA) is 110 Å². The fourth-order valence-electron chi connectivity index (χ4n) is 8.44. The number of nitrogen functional groups attached to an aromatic ring is 1. The molecule has 0 aliphatic heterocycles. The number of rotatable bonds is 3. The Bertz CT molecular complexity index is 1000. The largest absolute Gasteiger partial charge is 0.481 e. The van der Waals surface area contributed by atoms with Crippen LogP contribution in [0.1, 0.15) is 88.9 Å². The summed E-state index contributed by atoms with van der Waals surface area (Å²) in [5, 5.41) is 20.8. The number of carbonyl (C=O) groups is 2. The van der Waals surface area contributed by atoms with E-state index in [1.165, 1.54) is 0 Å². The number of carboxylic acid groups (broad SMARTS) is 1. The van der Waals surface area contributed by atoms with Crippen LogP contribution in [0.2, 0.25) is 0 Å². The number of aliphatic hydroxyl groups is 1. The summed E-state index contributed by atoms with van der Waals surface area (Å²) in [5.41, 5.74) is 6.75. The van der Waals surface area contributed by atoms with E-state index in [-0.39, 0.29) is 22.7 Å². The van der Waals surface area contributed by atoms with Crippen molar-refractivity contribution in [3.05, 3.63) is 42.0 Å². The van der Waals surface area contributed by atoms with Gasteiger partial charge < -0.3 is 20.7 Å². The van der Waals surface area contributed by atoms with Gasteiger partial charge in [0.25, 0.3) is 0 Å². The van der Waals surface area contributed by atoms with Gasteiger partial charge in [0.15, 0.2) is 0 Å². The zero-order valence-electron chi connectivity index (χ0n) is 21.4. The van der Waals surface area contributed by atoms with Crippen molar-refractivity contribution in [2.75, 3.05) is 12.3 Å². The van der Waals surface area contributed by atoms with Gasteiger partial charge in [0.05, 0.1) is 23.2 Å². The Kier molecular flexibility index (Phi) is 6.58. The molecule has 0 aromatic heterocycles. The Morgan fingerprint density at radius 3 is 2.37 bits per heavy atom. The first-order valence-electron chi connectivity index (χ1n) is 13.1. The molecule has 4 aliphatic carbocycles. The second kappa shape index (κ2) is 8.95. The molecule has 4 fully saturated rings. The number of carbonyl (C=O) groups excluding carboxylic acids is 1. The SMILES string of the molecule is C=C1C[C@@]23CC[C@H]4[C@@](C)(CCC[C@@]4(C)C(=O)O)[C@@H]2CC[C@]1(O)C3.CCOC(=O)c1ccc(N)cc1. The van der Waals surface area contributed by atoms with E-state index < -0.39 is 17.0 Å². The molecule has 35 heavy (non-hydrogen) atoms. The zero-order valence-corrected chi connectivity index (χ0v) is 21.4. The molecule has 192 valence electrons. The summed E-state index contributed by atoms with van der Waals surface area (Å²) < 4.78 is 4.79. The Morgan fingerprint density at radius 1 is 1.09 bits per heavy atom. The Hall–Kier alpha value is -2.34. The summed E-state index contributed by atoms with van der Waals surface area (Å²) in [6.45, 7) is 10.7. The van der Waals surface area contributed by atoms with Gasteiger partial charge in [-0.05, 0) is 118 Å². The highest BCUT2D eigenvalue weighted by molar-refractivity contribution is 5.89. The maximum atomic E-state index is 12.0. The van der Waals surface area contributed by atoms with Crippen molar-refractivity contribution in [3.63, 3.8) is 0 Å². The molecule has 1 aromatic rings. The summed E-state index contributed by atoms with van der Waals surface area (Å²) in [6, 6.07) is 6.64. The van der Waals surface area contributed by atoms with Gasteiger partial charge in [-0.2, -0.15) is 0 Å². The lowest BCUT2D eigenvalue weighted by molar-refractivity contribution is -0.186. The maximum Gasteiger partial charge on any atom is 0.338 e. The van der Waals surface area contributed by atoms with Crippen molar-refractivity contribution in [2.45, 2.75) is 84.2 Å². The minimum atomic E-state index is -0.634. The summed E-state index contributed by atoms with van der Waals surface area (Å²) in [5.74, 6) is -0.0887. The van der Waals surface area contributed by atoms with Crippen molar-refractivity contribution in [1.82, 2.24) is 0 Å². The summed E-state index contributed by atoms with van der Waals surface area (Å²) in [4.78, 5) is 23.1. The lowest BCUT2D eigenvalue weighted by Crippen LogP contribution is -2.59. The van der Waals surface area contributed by atoms with Gasteiger partial charge in [-0.1, -0.05) is 19.9 Å². The van der Waals surface area contributed by atoms with Crippen LogP contribution in [0.4, 0.5) is 5.69 Å². The zero-order chi connectivity index (χ0) is 25.6. The van der Waals surface area contributed by atoms with Gasteiger partial charge in [0, 0.05) is 5.69 Å². The summed E-state index contributed by atoms with van der Waals surface area (Å²) in [7, 11) is 0. The van der Waals surface area contributed by atoms with Gasteiger partial charge in [0.2, 0.25) is 0 Å². The predicted molar refractivity (Wildman–Crippen MR) is 136 cm³/mol. The van der Waals surface area contributed by atoms with Gasteiger partial charge in [0.1, 0.15) is 0 Å². The molecule has 1 aromatic carbocycles. The Balaban J connectivity index is 0.000000204. The lowest BCUT2D eigenvalue weighted by atomic mass is 9.41. The molecule has 0 unspecified atom stereocenters. The number of hydrogen-bond donors (Lipinski definition) is 3. The highest BCUT2D eigenvalue weighted by Gasteiger charge is 2.67. The summed E-state index contributed by atoms with van der Waals surface area (Å²) in [6.07, 6.45) is 8.75. The first kappa shape index (κ1) is 25.7. The van der Waals surface area contributed by atoms with Gasteiger partial charge in [-0.15, -0.1) is 0 Å². The number of fused-ring (bicyclic) bond motifs is 3. The molecule has 5 rings (SSSR count). The number of aliphatic carboxylic acids is 1. The van der Waals surface area contributed by atoms with Crippen molar-refractivity contribution >= 4 is 17.6 Å². The maximum absolute atomic E-state index is 12.0. The van der Waals surface area contributed by atoms with Crippen molar-refractivity contribution in [2.24, 2.45) is 28.1 Å². The number of ether oxygens (including phenoxy) is 1.